The molecule has 0 unspecified atom stereocenters. The summed E-state index contributed by atoms with van der Waals surface area (Å²) in [6, 6.07) is 53.7. The molecule has 0 radical (unpaired) electrons. The van der Waals surface area contributed by atoms with Gasteiger partial charge in [0.25, 0.3) is 0 Å². The Morgan fingerprint density at radius 1 is 0.491 bits per heavy atom. The van der Waals surface area contributed by atoms with Crippen molar-refractivity contribution in [1.82, 2.24) is 9.13 Å². The molecule has 10 rings (SSSR count). The molecule has 0 N–H and O–H groups in total. The van der Waals surface area contributed by atoms with Gasteiger partial charge in [-0.2, -0.15) is 21.0 Å². The summed E-state index contributed by atoms with van der Waals surface area (Å²) in [7, 11) is 0. The van der Waals surface area contributed by atoms with Crippen LogP contribution in [0.4, 0.5) is 0 Å². The average Bonchev–Trinajstić information content (AvgIpc) is 3.83. The first-order valence-corrected chi connectivity index (χ1v) is 18.0. The second-order valence-corrected chi connectivity index (χ2v) is 14.6. The third kappa shape index (κ3) is 4.26. The maximum Gasteiger partial charge on any atom is 0.103 e. The highest BCUT2D eigenvalue weighted by molar-refractivity contribution is 6.18. The quantitative estimate of drug-likeness (QED) is 0.183. The smallest absolute Gasteiger partial charge is 0.103 e. The van der Waals surface area contributed by atoms with Crippen LogP contribution in [-0.2, 0) is 5.41 Å². The Morgan fingerprint density at radius 2 is 1.11 bits per heavy atom. The second kappa shape index (κ2) is 11.6. The summed E-state index contributed by atoms with van der Waals surface area (Å²) in [4.78, 5) is 0. The van der Waals surface area contributed by atoms with Crippen LogP contribution in [0.25, 0.3) is 77.2 Å². The molecule has 0 amide bonds. The van der Waals surface area contributed by atoms with Crippen LogP contribution in [-0.4, -0.2) is 9.13 Å². The van der Waals surface area contributed by atoms with Gasteiger partial charge >= 0.3 is 0 Å². The van der Waals surface area contributed by atoms with Crippen molar-refractivity contribution in [3.8, 4) is 57.9 Å². The summed E-state index contributed by atoms with van der Waals surface area (Å²) < 4.78 is 4.12. The van der Waals surface area contributed by atoms with Crippen molar-refractivity contribution in [3.63, 3.8) is 0 Å². The maximum absolute atomic E-state index is 11.2. The molecule has 2 aromatic heterocycles. The van der Waals surface area contributed by atoms with Crippen molar-refractivity contribution < 1.29 is 0 Å². The lowest BCUT2D eigenvalue weighted by atomic mass is 9.82. The van der Waals surface area contributed by atoms with Crippen LogP contribution in [0.15, 0.2) is 133 Å². The molecule has 0 bridgehead atoms. The number of rotatable bonds is 3. The van der Waals surface area contributed by atoms with Gasteiger partial charge in [-0.3, -0.25) is 0 Å². The Hall–Kier alpha value is -7.90. The molecule has 0 saturated heterocycles. The first kappa shape index (κ1) is 31.8. The number of nitrogens with zero attached hydrogens (tertiary/aromatic N) is 6. The highest BCUT2D eigenvalue weighted by Gasteiger charge is 2.37. The van der Waals surface area contributed by atoms with Crippen molar-refractivity contribution in [1.29, 1.82) is 21.0 Å². The highest BCUT2D eigenvalue weighted by Crippen LogP contribution is 2.53. The summed E-state index contributed by atoms with van der Waals surface area (Å²) >= 11 is 0. The lowest BCUT2D eigenvalue weighted by molar-refractivity contribution is 0.661. The zero-order chi connectivity index (χ0) is 37.6. The van der Waals surface area contributed by atoms with E-state index in [-0.39, 0.29) is 22.1 Å². The number of benzene rings is 7. The lowest BCUT2D eigenvalue weighted by Crippen LogP contribution is -2.14. The van der Waals surface area contributed by atoms with Gasteiger partial charge in [-0.25, -0.2) is 0 Å². The summed E-state index contributed by atoms with van der Waals surface area (Å²) in [5, 5.41) is 47.1. The highest BCUT2D eigenvalue weighted by atomic mass is 15.0. The molecule has 0 atom stereocenters. The minimum Gasteiger partial charge on any atom is -0.309 e. The number of hydrogen-bond donors (Lipinski definition) is 0. The molecular weight excluding hydrogens is 673 g/mol. The van der Waals surface area contributed by atoms with Crippen LogP contribution in [0.3, 0.4) is 0 Å². The number of para-hydroxylation sites is 3. The van der Waals surface area contributed by atoms with Crippen molar-refractivity contribution in [2.24, 2.45) is 0 Å². The second-order valence-electron chi connectivity index (χ2n) is 14.6. The molecule has 9 aromatic rings. The standard InChI is InChI=1S/C49H28N6/c1-49(2)40-15-7-3-13-35(40)46-41(49)19-20-45-47(46)36-14-6-10-18-44(36)55(45)48-38(27-52)31(26-51)24-37(39(48)28-53)30-21-29(25-50)22-32(23-30)54-42-16-8-4-11-33(42)34-12-5-9-17-43(34)54/h3-24H,1-2H3. The van der Waals surface area contributed by atoms with Gasteiger partial charge in [0, 0.05) is 38.2 Å². The van der Waals surface area contributed by atoms with E-state index in [1.807, 2.05) is 59.2 Å². The van der Waals surface area contributed by atoms with Crippen LogP contribution in [0.2, 0.25) is 0 Å². The van der Waals surface area contributed by atoms with Crippen LogP contribution < -0.4 is 0 Å². The van der Waals surface area contributed by atoms with E-state index in [9.17, 15) is 21.0 Å². The number of aromatic nitrogens is 2. The van der Waals surface area contributed by atoms with E-state index >= 15 is 0 Å². The van der Waals surface area contributed by atoms with Gasteiger partial charge in [-0.05, 0) is 76.3 Å². The number of fused-ring (bicyclic) bond motifs is 10. The number of nitriles is 4. The van der Waals surface area contributed by atoms with Crippen molar-refractivity contribution >= 4 is 43.6 Å². The van der Waals surface area contributed by atoms with Gasteiger partial charge in [-0.15, -0.1) is 0 Å². The molecule has 1 aliphatic rings. The van der Waals surface area contributed by atoms with E-state index in [0.29, 0.717) is 22.4 Å². The van der Waals surface area contributed by atoms with Crippen LogP contribution in [0.5, 0.6) is 0 Å². The SMILES string of the molecule is CC1(C)c2ccccc2-c2c1ccc1c2c2ccccc2n1-c1c(C#N)c(C#N)cc(-c2cc(C#N)cc(-n3c4ccccc4c4ccccc43)c2)c1C#N. The Morgan fingerprint density at radius 3 is 1.76 bits per heavy atom. The summed E-state index contributed by atoms with van der Waals surface area (Å²) in [6.45, 7) is 4.49. The molecule has 6 heteroatoms. The topological polar surface area (TPSA) is 105 Å². The first-order valence-electron chi connectivity index (χ1n) is 18.0. The first-order chi connectivity index (χ1) is 26.9. The molecule has 0 saturated carbocycles. The molecule has 254 valence electrons. The van der Waals surface area contributed by atoms with Gasteiger partial charge in [0.2, 0.25) is 0 Å². The van der Waals surface area contributed by atoms with Gasteiger partial charge in [0.15, 0.2) is 0 Å². The van der Waals surface area contributed by atoms with E-state index in [0.717, 1.165) is 60.4 Å². The molecule has 0 spiro atoms. The van der Waals surface area contributed by atoms with E-state index in [1.54, 1.807) is 12.1 Å². The third-order valence-electron chi connectivity index (χ3n) is 11.4. The number of hydrogen-bond acceptors (Lipinski definition) is 4. The van der Waals surface area contributed by atoms with E-state index < -0.39 is 0 Å². The molecule has 7 aromatic carbocycles. The predicted molar refractivity (Wildman–Crippen MR) is 217 cm³/mol. The molecular formula is C49H28N6. The van der Waals surface area contributed by atoms with E-state index in [1.165, 1.54) is 11.1 Å². The van der Waals surface area contributed by atoms with E-state index in [4.69, 9.17) is 0 Å². The zero-order valence-electron chi connectivity index (χ0n) is 29.9. The molecule has 55 heavy (non-hydrogen) atoms. The van der Waals surface area contributed by atoms with Gasteiger partial charge in [-0.1, -0.05) is 98.8 Å². The van der Waals surface area contributed by atoms with Crippen LogP contribution in [0.1, 0.15) is 47.2 Å². The fourth-order valence-corrected chi connectivity index (χ4v) is 9.09. The van der Waals surface area contributed by atoms with E-state index in [2.05, 4.69) is 109 Å². The molecule has 6 nitrogen and oxygen atoms in total. The van der Waals surface area contributed by atoms with Crippen LogP contribution in [0, 0.1) is 45.3 Å². The normalized spacial score (nSPS) is 12.6. The largest absolute Gasteiger partial charge is 0.309 e. The van der Waals surface area contributed by atoms with Gasteiger partial charge < -0.3 is 9.13 Å². The molecule has 0 fully saturated rings. The average molecular weight is 701 g/mol. The van der Waals surface area contributed by atoms with Crippen molar-refractivity contribution in [2.45, 2.75) is 19.3 Å². The van der Waals surface area contributed by atoms with Crippen LogP contribution >= 0.6 is 0 Å². The van der Waals surface area contributed by atoms with Crippen molar-refractivity contribution in [2.75, 3.05) is 0 Å². The fraction of sp³-hybridized carbons (Fsp3) is 0.0612. The molecule has 1 aliphatic carbocycles. The minimum absolute atomic E-state index is 0.116. The Labute approximate surface area is 316 Å². The summed E-state index contributed by atoms with van der Waals surface area (Å²) in [5.74, 6) is 0. The monoisotopic (exact) mass is 700 g/mol. The third-order valence-corrected chi connectivity index (χ3v) is 11.4. The molecule has 0 aliphatic heterocycles. The Kier molecular flexibility index (Phi) is 6.68. The van der Waals surface area contributed by atoms with Gasteiger partial charge in [0.1, 0.15) is 18.2 Å². The Bertz CT molecular complexity index is 3290. The molecule has 2 heterocycles. The minimum atomic E-state index is -0.229. The maximum atomic E-state index is 11.2. The Balaban J connectivity index is 1.31. The lowest BCUT2D eigenvalue weighted by Gasteiger charge is -2.21. The zero-order valence-corrected chi connectivity index (χ0v) is 29.9. The fourth-order valence-electron chi connectivity index (χ4n) is 9.09. The predicted octanol–water partition coefficient (Wildman–Crippen LogP) is 11.3. The van der Waals surface area contributed by atoms with Crippen molar-refractivity contribution in [3.05, 3.63) is 167 Å². The summed E-state index contributed by atoms with van der Waals surface area (Å²) in [5.41, 5.74) is 11.2. The summed E-state index contributed by atoms with van der Waals surface area (Å²) in [6.07, 6.45) is 0. The van der Waals surface area contributed by atoms with Gasteiger partial charge in [0.05, 0.1) is 56.1 Å².